The van der Waals surface area contributed by atoms with Crippen molar-refractivity contribution in [2.75, 3.05) is 11.9 Å². The molecule has 0 spiro atoms. The predicted molar refractivity (Wildman–Crippen MR) is 71.9 cm³/mol. The molecule has 0 bridgehead atoms. The predicted octanol–water partition coefficient (Wildman–Crippen LogP) is 2.33. The molecule has 1 aromatic heterocycles. The fraction of sp³-hybridized carbons (Fsp3) is 0.231. The van der Waals surface area contributed by atoms with E-state index in [9.17, 15) is 4.79 Å². The Labute approximate surface area is 109 Å². The van der Waals surface area contributed by atoms with Crippen LogP contribution in [0.2, 0.25) is 0 Å². The second-order valence-electron chi connectivity index (χ2n) is 4.33. The van der Waals surface area contributed by atoms with E-state index in [0.717, 1.165) is 16.4 Å². The molecule has 0 radical (unpaired) electrons. The number of nitrogens with zero attached hydrogens (tertiary/aromatic N) is 2. The minimum atomic E-state index is -0.175. The van der Waals surface area contributed by atoms with Crippen molar-refractivity contribution in [3.8, 4) is 0 Å². The van der Waals surface area contributed by atoms with E-state index >= 15 is 0 Å². The number of anilines is 1. The first-order valence-corrected chi connectivity index (χ1v) is 6.59. The zero-order chi connectivity index (χ0) is 12.7. The van der Waals surface area contributed by atoms with Gasteiger partial charge in [0.15, 0.2) is 6.17 Å². The molecule has 4 nitrogen and oxygen atoms in total. The van der Waals surface area contributed by atoms with Gasteiger partial charge in [-0.15, -0.1) is 11.3 Å². The van der Waals surface area contributed by atoms with Gasteiger partial charge in [-0.1, -0.05) is 12.1 Å². The van der Waals surface area contributed by atoms with Gasteiger partial charge in [-0.2, -0.15) is 0 Å². The Balaban J connectivity index is 2.04. The van der Waals surface area contributed by atoms with Crippen molar-refractivity contribution in [1.82, 2.24) is 10.3 Å². The molecule has 2 heterocycles. The van der Waals surface area contributed by atoms with E-state index in [2.05, 4.69) is 15.2 Å². The molecule has 1 amide bonds. The normalized spacial score (nSPS) is 18.4. The van der Waals surface area contributed by atoms with Gasteiger partial charge in [0.2, 0.25) is 0 Å². The topological polar surface area (TPSA) is 45.2 Å². The van der Waals surface area contributed by atoms with Crippen LogP contribution in [-0.4, -0.2) is 17.9 Å². The van der Waals surface area contributed by atoms with Gasteiger partial charge in [0.1, 0.15) is 5.01 Å². The van der Waals surface area contributed by atoms with Gasteiger partial charge in [0.25, 0.3) is 5.91 Å². The second kappa shape index (κ2) is 4.10. The van der Waals surface area contributed by atoms with Crippen LogP contribution in [-0.2, 0) is 0 Å². The number of aromatic nitrogens is 1. The average Bonchev–Trinajstić information content (AvgIpc) is 2.80. The van der Waals surface area contributed by atoms with Crippen molar-refractivity contribution in [3.05, 3.63) is 45.9 Å². The molecule has 1 atom stereocenters. The van der Waals surface area contributed by atoms with Crippen LogP contribution in [0.3, 0.4) is 0 Å². The molecule has 0 saturated heterocycles. The maximum Gasteiger partial charge on any atom is 0.255 e. The molecule has 1 aromatic carbocycles. The minimum absolute atomic E-state index is 0.0402. The van der Waals surface area contributed by atoms with Crippen molar-refractivity contribution >= 4 is 22.9 Å². The summed E-state index contributed by atoms with van der Waals surface area (Å²) in [5, 5.41) is 5.90. The van der Waals surface area contributed by atoms with Crippen LogP contribution in [0.4, 0.5) is 5.69 Å². The number of fused-ring (bicyclic) bond motifs is 1. The Morgan fingerprint density at radius 1 is 1.39 bits per heavy atom. The molecule has 3 rings (SSSR count). The molecular formula is C13H13N3OS. The van der Waals surface area contributed by atoms with Gasteiger partial charge < -0.3 is 10.2 Å². The molecule has 92 valence electrons. The molecule has 1 N–H and O–H groups in total. The molecule has 1 aliphatic rings. The van der Waals surface area contributed by atoms with E-state index < -0.39 is 0 Å². The zero-order valence-electron chi connectivity index (χ0n) is 10.2. The summed E-state index contributed by atoms with van der Waals surface area (Å²) in [4.78, 5) is 18.6. The average molecular weight is 259 g/mol. The molecular weight excluding hydrogens is 246 g/mol. The van der Waals surface area contributed by atoms with E-state index in [0.29, 0.717) is 5.56 Å². The van der Waals surface area contributed by atoms with Gasteiger partial charge >= 0.3 is 0 Å². The summed E-state index contributed by atoms with van der Waals surface area (Å²) < 4.78 is 0. The first-order valence-electron chi connectivity index (χ1n) is 5.71. The quantitative estimate of drug-likeness (QED) is 0.855. The first kappa shape index (κ1) is 11.2. The number of carbonyl (C=O) groups excluding carboxylic acids is 1. The van der Waals surface area contributed by atoms with Crippen LogP contribution in [0.15, 0.2) is 29.6 Å². The highest BCUT2D eigenvalue weighted by Gasteiger charge is 2.30. The summed E-state index contributed by atoms with van der Waals surface area (Å²) in [6, 6.07) is 7.62. The summed E-state index contributed by atoms with van der Waals surface area (Å²) in [5.41, 5.74) is 2.64. The standard InChI is InChI=1S/C13H13N3OS/c1-8-7-18-13(14-8)11-15-12(17)9-5-3-4-6-10(9)16(11)2/h3-7,11H,1-2H3,(H,15,17). The molecule has 0 aliphatic carbocycles. The SMILES string of the molecule is Cc1csc(C2NC(=O)c3ccccc3N2C)n1. The number of para-hydroxylation sites is 1. The maximum absolute atomic E-state index is 12.1. The van der Waals surface area contributed by atoms with Gasteiger partial charge in [-0.25, -0.2) is 4.98 Å². The Morgan fingerprint density at radius 3 is 2.89 bits per heavy atom. The van der Waals surface area contributed by atoms with E-state index in [4.69, 9.17) is 0 Å². The lowest BCUT2D eigenvalue weighted by Gasteiger charge is -2.34. The minimum Gasteiger partial charge on any atom is -0.348 e. The van der Waals surface area contributed by atoms with E-state index in [1.54, 1.807) is 11.3 Å². The van der Waals surface area contributed by atoms with Gasteiger partial charge in [0.05, 0.1) is 11.3 Å². The Hall–Kier alpha value is -1.88. The first-order chi connectivity index (χ1) is 8.66. The van der Waals surface area contributed by atoms with Crippen molar-refractivity contribution in [2.24, 2.45) is 0 Å². The number of thiazole rings is 1. The third kappa shape index (κ3) is 1.67. The zero-order valence-corrected chi connectivity index (χ0v) is 11.0. The van der Waals surface area contributed by atoms with Gasteiger partial charge in [0, 0.05) is 18.1 Å². The molecule has 0 fully saturated rings. The molecule has 0 saturated carbocycles. The highest BCUT2D eigenvalue weighted by atomic mass is 32.1. The maximum atomic E-state index is 12.1. The largest absolute Gasteiger partial charge is 0.348 e. The van der Waals surface area contributed by atoms with Crippen LogP contribution in [0.1, 0.15) is 27.2 Å². The number of hydrogen-bond acceptors (Lipinski definition) is 4. The molecule has 18 heavy (non-hydrogen) atoms. The van der Waals surface area contributed by atoms with Crippen LogP contribution < -0.4 is 10.2 Å². The summed E-state index contributed by atoms with van der Waals surface area (Å²) >= 11 is 1.57. The molecule has 5 heteroatoms. The van der Waals surface area contributed by atoms with Crippen molar-refractivity contribution in [2.45, 2.75) is 13.1 Å². The Bertz CT molecular complexity index is 608. The summed E-state index contributed by atoms with van der Waals surface area (Å²) in [5.74, 6) is -0.0402. The number of amides is 1. The fourth-order valence-corrected chi connectivity index (χ4v) is 3.02. The summed E-state index contributed by atoms with van der Waals surface area (Å²) in [6.07, 6.45) is -0.175. The van der Waals surface area contributed by atoms with Gasteiger partial charge in [-0.3, -0.25) is 4.79 Å². The van der Waals surface area contributed by atoms with Crippen LogP contribution in [0, 0.1) is 6.92 Å². The summed E-state index contributed by atoms with van der Waals surface area (Å²) in [7, 11) is 1.97. The number of rotatable bonds is 1. The summed E-state index contributed by atoms with van der Waals surface area (Å²) in [6.45, 7) is 1.96. The van der Waals surface area contributed by atoms with E-state index in [-0.39, 0.29) is 12.1 Å². The lowest BCUT2D eigenvalue weighted by Crippen LogP contribution is -2.44. The third-order valence-electron chi connectivity index (χ3n) is 3.05. The van der Waals surface area contributed by atoms with Crippen LogP contribution in [0.5, 0.6) is 0 Å². The third-order valence-corrected chi connectivity index (χ3v) is 4.07. The monoisotopic (exact) mass is 259 g/mol. The number of carbonyl (C=O) groups is 1. The smallest absolute Gasteiger partial charge is 0.255 e. The van der Waals surface area contributed by atoms with E-state index in [1.807, 2.05) is 43.6 Å². The van der Waals surface area contributed by atoms with Crippen LogP contribution in [0.25, 0.3) is 0 Å². The molecule has 1 aliphatic heterocycles. The highest BCUT2D eigenvalue weighted by molar-refractivity contribution is 7.09. The van der Waals surface area contributed by atoms with Gasteiger partial charge in [-0.05, 0) is 19.1 Å². The Kier molecular flexibility index (Phi) is 2.56. The van der Waals surface area contributed by atoms with Crippen molar-refractivity contribution in [3.63, 3.8) is 0 Å². The lowest BCUT2D eigenvalue weighted by atomic mass is 10.1. The lowest BCUT2D eigenvalue weighted by molar-refractivity contribution is 0.0928. The van der Waals surface area contributed by atoms with E-state index in [1.165, 1.54) is 0 Å². The number of hydrogen-bond donors (Lipinski definition) is 1. The van der Waals surface area contributed by atoms with Crippen molar-refractivity contribution < 1.29 is 4.79 Å². The van der Waals surface area contributed by atoms with Crippen LogP contribution >= 0.6 is 11.3 Å². The Morgan fingerprint density at radius 2 is 2.17 bits per heavy atom. The highest BCUT2D eigenvalue weighted by Crippen LogP contribution is 2.32. The number of aryl methyl sites for hydroxylation is 1. The second-order valence-corrected chi connectivity index (χ2v) is 5.22. The number of benzene rings is 1. The molecule has 2 aromatic rings. The number of nitrogens with one attached hydrogen (secondary N) is 1. The van der Waals surface area contributed by atoms with Crippen molar-refractivity contribution in [1.29, 1.82) is 0 Å². The fourth-order valence-electron chi connectivity index (χ4n) is 2.14. The molecule has 1 unspecified atom stereocenters.